The molecule has 3 atom stereocenters. The first kappa shape index (κ1) is 20.6. The molecule has 1 saturated carbocycles. The van der Waals surface area contributed by atoms with Gasteiger partial charge in [-0.15, -0.1) is 0 Å². The Labute approximate surface area is 189 Å². The van der Waals surface area contributed by atoms with E-state index in [-0.39, 0.29) is 24.4 Å². The van der Waals surface area contributed by atoms with E-state index in [0.29, 0.717) is 28.7 Å². The zero-order valence-corrected chi connectivity index (χ0v) is 17.6. The van der Waals surface area contributed by atoms with E-state index in [1.807, 2.05) is 16.7 Å². The van der Waals surface area contributed by atoms with E-state index in [4.69, 9.17) is 15.2 Å². The fourth-order valence-electron chi connectivity index (χ4n) is 4.03. The highest BCUT2D eigenvalue weighted by atomic mass is 16.6. The molecule has 0 bridgehead atoms. The van der Waals surface area contributed by atoms with Crippen LogP contribution in [0.4, 0.5) is 5.82 Å². The van der Waals surface area contributed by atoms with E-state index in [9.17, 15) is 9.59 Å². The quantitative estimate of drug-likeness (QED) is 0.451. The predicted molar refractivity (Wildman–Crippen MR) is 119 cm³/mol. The molecule has 1 fully saturated rings. The van der Waals surface area contributed by atoms with Crippen LogP contribution in [0.1, 0.15) is 33.2 Å². The van der Waals surface area contributed by atoms with Gasteiger partial charge in [0.15, 0.2) is 11.5 Å². The van der Waals surface area contributed by atoms with Crippen LogP contribution < -0.4 is 5.73 Å². The van der Waals surface area contributed by atoms with Crippen molar-refractivity contribution in [3.8, 4) is 0 Å². The lowest BCUT2D eigenvalue weighted by molar-refractivity contribution is -0.0762. The van der Waals surface area contributed by atoms with Crippen LogP contribution in [0.5, 0.6) is 0 Å². The summed E-state index contributed by atoms with van der Waals surface area (Å²) in [4.78, 5) is 37.8. The smallest absolute Gasteiger partial charge is 0.338 e. The SMILES string of the molecule is Nc1ncnc2c1ncn2C1CC(COC(=O)c2ccccc2)C1OC(=O)c1ccccc1. The Hall–Kier alpha value is -4.27. The van der Waals surface area contributed by atoms with Crippen molar-refractivity contribution in [1.82, 2.24) is 19.5 Å². The van der Waals surface area contributed by atoms with Gasteiger partial charge in [-0.25, -0.2) is 24.5 Å². The van der Waals surface area contributed by atoms with Gasteiger partial charge in [0.1, 0.15) is 17.9 Å². The molecule has 0 radical (unpaired) electrons. The summed E-state index contributed by atoms with van der Waals surface area (Å²) in [5.74, 6) is -0.750. The summed E-state index contributed by atoms with van der Waals surface area (Å²) in [5, 5.41) is 0. The highest BCUT2D eigenvalue weighted by Gasteiger charge is 2.46. The largest absolute Gasteiger partial charge is 0.462 e. The Morgan fingerprint density at radius 2 is 1.61 bits per heavy atom. The van der Waals surface area contributed by atoms with Crippen molar-refractivity contribution >= 4 is 28.9 Å². The maximum Gasteiger partial charge on any atom is 0.338 e. The number of nitrogen functional groups attached to an aromatic ring is 1. The second-order valence-electron chi connectivity index (χ2n) is 7.85. The number of fused-ring (bicyclic) bond motifs is 1. The summed E-state index contributed by atoms with van der Waals surface area (Å²) in [6, 6.07) is 17.3. The molecule has 2 N–H and O–H groups in total. The average Bonchev–Trinajstić information content (AvgIpc) is 3.27. The summed E-state index contributed by atoms with van der Waals surface area (Å²) in [5.41, 5.74) is 7.89. The van der Waals surface area contributed by atoms with E-state index < -0.39 is 18.0 Å². The van der Waals surface area contributed by atoms with Gasteiger partial charge in [0.25, 0.3) is 0 Å². The van der Waals surface area contributed by atoms with Crippen LogP contribution in [0.25, 0.3) is 11.2 Å². The number of hydrogen-bond acceptors (Lipinski definition) is 8. The Morgan fingerprint density at radius 3 is 2.30 bits per heavy atom. The summed E-state index contributed by atoms with van der Waals surface area (Å²) in [7, 11) is 0. The van der Waals surface area contributed by atoms with Gasteiger partial charge in [-0.1, -0.05) is 36.4 Å². The number of ether oxygens (including phenoxy) is 2. The van der Waals surface area contributed by atoms with Gasteiger partial charge in [0.2, 0.25) is 0 Å². The van der Waals surface area contributed by atoms with Crippen molar-refractivity contribution in [1.29, 1.82) is 0 Å². The maximum atomic E-state index is 12.8. The molecule has 2 aromatic heterocycles. The third-order valence-electron chi connectivity index (χ3n) is 5.82. The van der Waals surface area contributed by atoms with Gasteiger partial charge in [-0.3, -0.25) is 0 Å². The number of esters is 2. The number of carbonyl (C=O) groups excluding carboxylic acids is 2. The monoisotopic (exact) mass is 443 g/mol. The Bertz CT molecular complexity index is 1290. The molecule has 0 amide bonds. The number of imidazole rings is 1. The molecule has 2 heterocycles. The lowest BCUT2D eigenvalue weighted by Gasteiger charge is -2.43. The first-order valence-corrected chi connectivity index (χ1v) is 10.5. The van der Waals surface area contributed by atoms with Crippen molar-refractivity contribution in [2.75, 3.05) is 12.3 Å². The van der Waals surface area contributed by atoms with Crippen molar-refractivity contribution in [2.45, 2.75) is 18.6 Å². The molecule has 2 aromatic carbocycles. The number of aromatic nitrogens is 4. The zero-order chi connectivity index (χ0) is 22.8. The Kier molecular flexibility index (Phi) is 5.43. The number of nitrogens with zero attached hydrogens (tertiary/aromatic N) is 4. The van der Waals surface area contributed by atoms with E-state index in [0.717, 1.165) is 0 Å². The molecule has 166 valence electrons. The lowest BCUT2D eigenvalue weighted by atomic mass is 9.77. The summed E-state index contributed by atoms with van der Waals surface area (Å²) >= 11 is 0. The van der Waals surface area contributed by atoms with Crippen molar-refractivity contribution < 1.29 is 19.1 Å². The summed E-state index contributed by atoms with van der Waals surface area (Å²) in [6.07, 6.45) is 3.08. The van der Waals surface area contributed by atoms with Crippen LogP contribution >= 0.6 is 0 Å². The first-order chi connectivity index (χ1) is 16.1. The van der Waals surface area contributed by atoms with Gasteiger partial charge >= 0.3 is 11.9 Å². The van der Waals surface area contributed by atoms with E-state index in [1.165, 1.54) is 6.33 Å². The minimum absolute atomic E-state index is 0.126. The fraction of sp³-hybridized carbons (Fsp3) is 0.208. The lowest BCUT2D eigenvalue weighted by Crippen LogP contribution is -2.48. The van der Waals surface area contributed by atoms with Gasteiger partial charge in [0.05, 0.1) is 30.1 Å². The standard InChI is InChI=1S/C24H21N5O4/c25-21-19-22(27-13-26-21)29(14-28-19)18-11-17(12-32-23(30)15-7-3-1-4-8-15)20(18)33-24(31)16-9-5-2-6-10-16/h1-10,13-14,17-18,20H,11-12H2,(H2,25,26,27). The molecular weight excluding hydrogens is 422 g/mol. The number of anilines is 1. The second kappa shape index (κ2) is 8.70. The Balaban J connectivity index is 1.36. The van der Waals surface area contributed by atoms with E-state index in [1.54, 1.807) is 54.9 Å². The summed E-state index contributed by atoms with van der Waals surface area (Å²) in [6.45, 7) is 0.126. The van der Waals surface area contributed by atoms with Gasteiger partial charge in [-0.05, 0) is 30.7 Å². The third-order valence-corrected chi connectivity index (χ3v) is 5.82. The van der Waals surface area contributed by atoms with Crippen molar-refractivity contribution in [2.24, 2.45) is 5.92 Å². The first-order valence-electron chi connectivity index (χ1n) is 10.5. The molecule has 0 spiro atoms. The van der Waals surface area contributed by atoms with Crippen molar-refractivity contribution in [3.05, 3.63) is 84.4 Å². The maximum absolute atomic E-state index is 12.8. The van der Waals surface area contributed by atoms with E-state index in [2.05, 4.69) is 15.0 Å². The molecule has 0 saturated heterocycles. The highest BCUT2D eigenvalue weighted by Crippen LogP contribution is 2.42. The number of benzene rings is 2. The molecule has 4 aromatic rings. The molecular formula is C24H21N5O4. The second-order valence-corrected chi connectivity index (χ2v) is 7.85. The normalized spacial score (nSPS) is 19.6. The molecule has 1 aliphatic carbocycles. The van der Waals surface area contributed by atoms with Gasteiger partial charge in [-0.2, -0.15) is 0 Å². The van der Waals surface area contributed by atoms with Crippen LogP contribution in [0.2, 0.25) is 0 Å². The van der Waals surface area contributed by atoms with Crippen LogP contribution in [0.15, 0.2) is 73.3 Å². The zero-order valence-electron chi connectivity index (χ0n) is 17.6. The van der Waals surface area contributed by atoms with Gasteiger partial charge in [0, 0.05) is 5.92 Å². The number of rotatable bonds is 6. The van der Waals surface area contributed by atoms with Crippen LogP contribution in [-0.4, -0.2) is 44.2 Å². The molecule has 33 heavy (non-hydrogen) atoms. The molecule has 5 rings (SSSR count). The molecule has 9 heteroatoms. The minimum Gasteiger partial charge on any atom is -0.462 e. The van der Waals surface area contributed by atoms with Crippen molar-refractivity contribution in [3.63, 3.8) is 0 Å². The van der Waals surface area contributed by atoms with Crippen LogP contribution in [0.3, 0.4) is 0 Å². The topological polar surface area (TPSA) is 122 Å². The molecule has 0 aliphatic heterocycles. The fourth-order valence-corrected chi connectivity index (χ4v) is 4.03. The molecule has 9 nitrogen and oxygen atoms in total. The third kappa shape index (κ3) is 4.00. The van der Waals surface area contributed by atoms with Crippen LogP contribution in [-0.2, 0) is 9.47 Å². The van der Waals surface area contributed by atoms with E-state index >= 15 is 0 Å². The molecule has 1 aliphatic rings. The van der Waals surface area contributed by atoms with Crippen LogP contribution in [0, 0.1) is 5.92 Å². The highest BCUT2D eigenvalue weighted by molar-refractivity contribution is 5.90. The molecule has 3 unspecified atom stereocenters. The predicted octanol–water partition coefficient (Wildman–Crippen LogP) is 3.05. The summed E-state index contributed by atoms with van der Waals surface area (Å²) < 4.78 is 13.2. The average molecular weight is 443 g/mol. The number of hydrogen-bond donors (Lipinski definition) is 1. The number of nitrogens with two attached hydrogens (primary N) is 1. The Morgan fingerprint density at radius 1 is 0.939 bits per heavy atom. The number of carbonyl (C=O) groups is 2. The minimum atomic E-state index is -0.533. The van der Waals surface area contributed by atoms with Gasteiger partial charge < -0.3 is 19.8 Å².